The lowest BCUT2D eigenvalue weighted by molar-refractivity contribution is -0.146. The molecule has 1 saturated carbocycles. The van der Waals surface area contributed by atoms with Gasteiger partial charge < -0.3 is 4.74 Å². The number of aromatic nitrogens is 2. The Morgan fingerprint density at radius 2 is 1.68 bits per heavy atom. The largest absolute Gasteiger partial charge is 0.465 e. The standard InChI is InChI=1S/C28H25N3O2S/c1-3-33-26(32)28(15-16-28)23-18-22(14-17-29-23)25-19(2)30-27(34-25)31-24(20-10-6-4-7-11-20)21-12-8-5-9-13-21/h4-14,17-18H,3,15-16H2,1-2H3. The number of pyridine rings is 1. The van der Waals surface area contributed by atoms with Crippen molar-refractivity contribution in [2.24, 2.45) is 4.99 Å². The van der Waals surface area contributed by atoms with Crippen LogP contribution in [0.3, 0.4) is 0 Å². The van der Waals surface area contributed by atoms with Crippen LogP contribution in [0.15, 0.2) is 84.0 Å². The predicted octanol–water partition coefficient (Wildman–Crippen LogP) is 6.28. The Kier molecular flexibility index (Phi) is 6.07. The Balaban J connectivity index is 1.52. The van der Waals surface area contributed by atoms with Gasteiger partial charge in [-0.2, -0.15) is 0 Å². The minimum Gasteiger partial charge on any atom is -0.465 e. The van der Waals surface area contributed by atoms with Crippen LogP contribution in [0.1, 0.15) is 42.3 Å². The fourth-order valence-electron chi connectivity index (χ4n) is 4.07. The van der Waals surface area contributed by atoms with Crippen molar-refractivity contribution in [2.45, 2.75) is 32.1 Å². The summed E-state index contributed by atoms with van der Waals surface area (Å²) in [5.41, 5.74) is 5.05. The molecule has 5 rings (SSSR count). The Morgan fingerprint density at radius 1 is 1.03 bits per heavy atom. The molecule has 0 saturated heterocycles. The third kappa shape index (κ3) is 4.29. The van der Waals surface area contributed by atoms with Gasteiger partial charge in [-0.25, -0.2) is 9.98 Å². The highest BCUT2D eigenvalue weighted by Crippen LogP contribution is 2.49. The van der Waals surface area contributed by atoms with E-state index >= 15 is 0 Å². The molecule has 0 unspecified atom stereocenters. The topological polar surface area (TPSA) is 64.4 Å². The number of ether oxygens (including phenoxy) is 1. The Morgan fingerprint density at radius 3 is 2.26 bits per heavy atom. The van der Waals surface area contributed by atoms with Crippen LogP contribution >= 0.6 is 11.3 Å². The van der Waals surface area contributed by atoms with Crippen molar-refractivity contribution >= 4 is 28.1 Å². The molecule has 4 aromatic rings. The number of aliphatic imine (C=N–C) groups is 1. The number of esters is 1. The molecule has 0 radical (unpaired) electrons. The average Bonchev–Trinajstić information content (AvgIpc) is 3.61. The van der Waals surface area contributed by atoms with Gasteiger partial charge in [-0.1, -0.05) is 72.0 Å². The van der Waals surface area contributed by atoms with Crippen LogP contribution in [0.5, 0.6) is 0 Å². The minimum atomic E-state index is -0.598. The predicted molar refractivity (Wildman–Crippen MR) is 136 cm³/mol. The molecule has 0 spiro atoms. The summed E-state index contributed by atoms with van der Waals surface area (Å²) in [7, 11) is 0. The molecule has 2 aromatic heterocycles. The van der Waals surface area contributed by atoms with Crippen LogP contribution in [0.2, 0.25) is 0 Å². The normalized spacial score (nSPS) is 13.8. The van der Waals surface area contributed by atoms with Gasteiger partial charge in [0.25, 0.3) is 0 Å². The molecule has 0 bridgehead atoms. The van der Waals surface area contributed by atoms with Crippen molar-refractivity contribution in [1.29, 1.82) is 0 Å². The van der Waals surface area contributed by atoms with E-state index in [2.05, 4.69) is 29.2 Å². The van der Waals surface area contributed by atoms with E-state index in [-0.39, 0.29) is 5.97 Å². The average molecular weight is 468 g/mol. The van der Waals surface area contributed by atoms with Crippen LogP contribution in [0, 0.1) is 6.92 Å². The lowest BCUT2D eigenvalue weighted by Crippen LogP contribution is -2.24. The first-order valence-corrected chi connectivity index (χ1v) is 12.2. The summed E-state index contributed by atoms with van der Waals surface area (Å²) in [4.78, 5) is 27.8. The fraction of sp³-hybridized carbons (Fsp3) is 0.214. The number of hydrogen-bond acceptors (Lipinski definition) is 6. The lowest BCUT2D eigenvalue weighted by Gasteiger charge is -2.14. The van der Waals surface area contributed by atoms with Crippen molar-refractivity contribution in [2.75, 3.05) is 6.61 Å². The van der Waals surface area contributed by atoms with Gasteiger partial charge in [0.2, 0.25) is 5.13 Å². The van der Waals surface area contributed by atoms with Gasteiger partial charge >= 0.3 is 5.97 Å². The number of hydrogen-bond donors (Lipinski definition) is 0. The van der Waals surface area contributed by atoms with E-state index < -0.39 is 5.41 Å². The Hall–Kier alpha value is -3.64. The monoisotopic (exact) mass is 467 g/mol. The molecular weight excluding hydrogens is 442 g/mol. The Labute approximate surface area is 203 Å². The molecule has 0 aliphatic heterocycles. The molecule has 1 fully saturated rings. The molecule has 0 atom stereocenters. The van der Waals surface area contributed by atoms with Crippen LogP contribution in [0.4, 0.5) is 5.13 Å². The van der Waals surface area contributed by atoms with Crippen LogP contribution < -0.4 is 0 Å². The zero-order chi connectivity index (χ0) is 23.5. The molecule has 0 N–H and O–H groups in total. The number of benzene rings is 2. The summed E-state index contributed by atoms with van der Waals surface area (Å²) in [6, 6.07) is 24.3. The molecule has 0 amide bonds. The van der Waals surface area contributed by atoms with Gasteiger partial charge in [-0.15, -0.1) is 0 Å². The maximum atomic E-state index is 12.5. The van der Waals surface area contributed by atoms with E-state index in [1.807, 2.05) is 62.4 Å². The second kappa shape index (κ2) is 9.31. The molecule has 34 heavy (non-hydrogen) atoms. The number of carbonyl (C=O) groups excluding carboxylic acids is 1. The van der Waals surface area contributed by atoms with E-state index in [0.29, 0.717) is 11.7 Å². The molecule has 2 heterocycles. The second-order valence-electron chi connectivity index (χ2n) is 8.34. The Bertz CT molecular complexity index is 1300. The van der Waals surface area contributed by atoms with E-state index in [4.69, 9.17) is 14.7 Å². The fourth-order valence-corrected chi connectivity index (χ4v) is 5.01. The van der Waals surface area contributed by atoms with Gasteiger partial charge in [0.15, 0.2) is 0 Å². The van der Waals surface area contributed by atoms with Gasteiger partial charge in [0, 0.05) is 17.3 Å². The summed E-state index contributed by atoms with van der Waals surface area (Å²) < 4.78 is 5.32. The first kappa shape index (κ1) is 22.2. The zero-order valence-corrected chi connectivity index (χ0v) is 20.0. The summed E-state index contributed by atoms with van der Waals surface area (Å²) >= 11 is 1.55. The van der Waals surface area contributed by atoms with Crippen molar-refractivity contribution < 1.29 is 9.53 Å². The summed E-state index contributed by atoms with van der Waals surface area (Å²) in [5.74, 6) is -0.179. The number of carbonyl (C=O) groups is 1. The second-order valence-corrected chi connectivity index (χ2v) is 9.31. The van der Waals surface area contributed by atoms with Crippen molar-refractivity contribution in [3.8, 4) is 10.4 Å². The van der Waals surface area contributed by atoms with Gasteiger partial charge in [-0.3, -0.25) is 9.78 Å². The van der Waals surface area contributed by atoms with Crippen molar-refractivity contribution in [3.63, 3.8) is 0 Å². The van der Waals surface area contributed by atoms with Gasteiger partial charge in [-0.05, 0) is 44.4 Å². The molecular formula is C28H25N3O2S. The first-order chi connectivity index (χ1) is 16.6. The van der Waals surface area contributed by atoms with Crippen molar-refractivity contribution in [3.05, 3.63) is 102 Å². The lowest BCUT2D eigenvalue weighted by atomic mass is 10.00. The van der Waals surface area contributed by atoms with Gasteiger partial charge in [0.05, 0.1) is 28.6 Å². The number of thiazole rings is 1. The summed E-state index contributed by atoms with van der Waals surface area (Å²) in [6.07, 6.45) is 3.32. The first-order valence-electron chi connectivity index (χ1n) is 11.4. The maximum Gasteiger partial charge on any atom is 0.318 e. The van der Waals surface area contributed by atoms with Crippen LogP contribution in [-0.4, -0.2) is 28.3 Å². The minimum absolute atomic E-state index is 0.179. The maximum absolute atomic E-state index is 12.5. The number of rotatable bonds is 7. The third-order valence-electron chi connectivity index (χ3n) is 6.02. The van der Waals surface area contributed by atoms with Crippen LogP contribution in [0.25, 0.3) is 10.4 Å². The van der Waals surface area contributed by atoms with E-state index in [9.17, 15) is 4.79 Å². The molecule has 170 valence electrons. The molecule has 2 aromatic carbocycles. The third-order valence-corrected chi connectivity index (χ3v) is 7.12. The SMILES string of the molecule is CCOC(=O)C1(c2cc(-c3sc(N=C(c4ccccc4)c4ccccc4)nc3C)ccn2)CC1. The van der Waals surface area contributed by atoms with E-state index in [0.717, 1.165) is 51.5 Å². The molecule has 1 aliphatic rings. The van der Waals surface area contributed by atoms with E-state index in [1.165, 1.54) is 0 Å². The highest BCUT2D eigenvalue weighted by Gasteiger charge is 2.54. The quantitative estimate of drug-likeness (QED) is 0.237. The number of nitrogens with zero attached hydrogens (tertiary/aromatic N) is 3. The van der Waals surface area contributed by atoms with E-state index in [1.54, 1.807) is 17.5 Å². The summed E-state index contributed by atoms with van der Waals surface area (Å²) in [5, 5.41) is 0.695. The van der Waals surface area contributed by atoms with Gasteiger partial charge in [0.1, 0.15) is 5.41 Å². The molecule has 1 aliphatic carbocycles. The van der Waals surface area contributed by atoms with Crippen molar-refractivity contribution in [1.82, 2.24) is 9.97 Å². The smallest absolute Gasteiger partial charge is 0.318 e. The highest BCUT2D eigenvalue weighted by molar-refractivity contribution is 7.18. The molecule has 5 nitrogen and oxygen atoms in total. The summed E-state index contributed by atoms with van der Waals surface area (Å²) in [6.45, 7) is 4.20. The molecule has 6 heteroatoms. The number of aryl methyl sites for hydroxylation is 1. The van der Waals surface area contributed by atoms with Crippen LogP contribution in [-0.2, 0) is 14.9 Å². The highest BCUT2D eigenvalue weighted by atomic mass is 32.1. The zero-order valence-electron chi connectivity index (χ0n) is 19.2.